The molecule has 6 heteroatoms. The molecule has 2 rings (SSSR count). The Bertz CT molecular complexity index is 433. The number of hydrogen-bond donors (Lipinski definition) is 2. The first-order valence-electron chi connectivity index (χ1n) is 5.81. The zero-order valence-electron chi connectivity index (χ0n) is 10.2. The second-order valence-corrected chi connectivity index (χ2v) is 4.02. The molecular formula is C12H16FN3O2. The molecule has 1 aliphatic rings. The highest BCUT2D eigenvalue weighted by Crippen LogP contribution is 2.20. The number of carbonyl (C=O) groups is 1. The third kappa shape index (κ3) is 2.89. The van der Waals surface area contributed by atoms with Crippen molar-refractivity contribution in [1.29, 1.82) is 0 Å². The van der Waals surface area contributed by atoms with Gasteiger partial charge in [0, 0.05) is 37.9 Å². The van der Waals surface area contributed by atoms with Crippen LogP contribution in [0.5, 0.6) is 5.75 Å². The summed E-state index contributed by atoms with van der Waals surface area (Å²) in [6, 6.07) is 4.14. The molecule has 0 unspecified atom stereocenters. The van der Waals surface area contributed by atoms with E-state index in [2.05, 4.69) is 10.6 Å². The lowest BCUT2D eigenvalue weighted by Gasteiger charge is -2.27. The fourth-order valence-electron chi connectivity index (χ4n) is 1.81. The average Bonchev–Trinajstić information content (AvgIpc) is 2.40. The van der Waals surface area contributed by atoms with Gasteiger partial charge in [0.15, 0.2) is 11.6 Å². The van der Waals surface area contributed by atoms with E-state index in [4.69, 9.17) is 4.74 Å². The summed E-state index contributed by atoms with van der Waals surface area (Å²) in [5, 5.41) is 5.83. The van der Waals surface area contributed by atoms with Crippen molar-refractivity contribution in [2.45, 2.75) is 0 Å². The molecule has 0 atom stereocenters. The first-order valence-corrected chi connectivity index (χ1v) is 5.81. The third-order valence-electron chi connectivity index (χ3n) is 2.81. The summed E-state index contributed by atoms with van der Waals surface area (Å²) in [5.41, 5.74) is 0.428. The Labute approximate surface area is 105 Å². The van der Waals surface area contributed by atoms with E-state index in [1.807, 2.05) is 0 Å². The highest BCUT2D eigenvalue weighted by atomic mass is 19.1. The van der Waals surface area contributed by atoms with E-state index in [1.165, 1.54) is 19.2 Å². The lowest BCUT2D eigenvalue weighted by atomic mass is 10.3. The minimum absolute atomic E-state index is 0.162. The van der Waals surface area contributed by atoms with Crippen molar-refractivity contribution in [3.8, 4) is 5.75 Å². The molecule has 0 aromatic heterocycles. The largest absolute Gasteiger partial charge is 0.494 e. The van der Waals surface area contributed by atoms with E-state index in [9.17, 15) is 9.18 Å². The Balaban J connectivity index is 2.00. The molecule has 1 aromatic carbocycles. The number of piperazine rings is 1. The number of benzene rings is 1. The van der Waals surface area contributed by atoms with E-state index in [0.717, 1.165) is 13.1 Å². The Morgan fingerprint density at radius 2 is 2.17 bits per heavy atom. The summed E-state index contributed by atoms with van der Waals surface area (Å²) in [6.45, 7) is 2.88. The molecule has 0 aliphatic carbocycles. The molecule has 0 bridgehead atoms. The zero-order valence-corrected chi connectivity index (χ0v) is 10.2. The van der Waals surface area contributed by atoms with Gasteiger partial charge in [0.05, 0.1) is 7.11 Å². The topological polar surface area (TPSA) is 53.6 Å². The number of nitrogens with zero attached hydrogens (tertiary/aromatic N) is 1. The van der Waals surface area contributed by atoms with Gasteiger partial charge >= 0.3 is 6.03 Å². The van der Waals surface area contributed by atoms with Gasteiger partial charge < -0.3 is 20.3 Å². The molecule has 0 spiro atoms. The number of halogens is 1. The van der Waals surface area contributed by atoms with Gasteiger partial charge in [-0.1, -0.05) is 0 Å². The van der Waals surface area contributed by atoms with Crippen molar-refractivity contribution < 1.29 is 13.9 Å². The highest BCUT2D eigenvalue weighted by Gasteiger charge is 2.16. The number of hydrogen-bond acceptors (Lipinski definition) is 3. The number of rotatable bonds is 2. The Hall–Kier alpha value is -1.82. The van der Waals surface area contributed by atoms with Crippen LogP contribution in [0.25, 0.3) is 0 Å². The molecule has 0 radical (unpaired) electrons. The monoisotopic (exact) mass is 253 g/mol. The highest BCUT2D eigenvalue weighted by molar-refractivity contribution is 5.89. The van der Waals surface area contributed by atoms with Crippen LogP contribution >= 0.6 is 0 Å². The van der Waals surface area contributed by atoms with Gasteiger partial charge in [0.25, 0.3) is 0 Å². The van der Waals surface area contributed by atoms with Crippen LogP contribution in [0.4, 0.5) is 14.9 Å². The fourth-order valence-corrected chi connectivity index (χ4v) is 1.81. The van der Waals surface area contributed by atoms with E-state index < -0.39 is 5.82 Å². The molecule has 18 heavy (non-hydrogen) atoms. The molecule has 1 saturated heterocycles. The van der Waals surface area contributed by atoms with Crippen LogP contribution in [-0.4, -0.2) is 44.2 Å². The quantitative estimate of drug-likeness (QED) is 0.834. The molecule has 1 aliphatic heterocycles. The summed E-state index contributed by atoms with van der Waals surface area (Å²) in [6.07, 6.45) is 0. The lowest BCUT2D eigenvalue weighted by Crippen LogP contribution is -2.48. The van der Waals surface area contributed by atoms with E-state index in [0.29, 0.717) is 18.8 Å². The van der Waals surface area contributed by atoms with Gasteiger partial charge in [-0.3, -0.25) is 0 Å². The summed E-state index contributed by atoms with van der Waals surface area (Å²) in [5.74, 6) is -0.328. The van der Waals surface area contributed by atoms with Crippen LogP contribution in [0.3, 0.4) is 0 Å². The Morgan fingerprint density at radius 3 is 2.78 bits per heavy atom. The van der Waals surface area contributed by atoms with Crippen molar-refractivity contribution >= 4 is 11.7 Å². The van der Waals surface area contributed by atoms with Crippen molar-refractivity contribution in [2.75, 3.05) is 38.6 Å². The Kier molecular flexibility index (Phi) is 3.99. The van der Waals surface area contributed by atoms with E-state index in [-0.39, 0.29) is 11.8 Å². The molecule has 1 fully saturated rings. The lowest BCUT2D eigenvalue weighted by molar-refractivity contribution is 0.204. The van der Waals surface area contributed by atoms with Crippen molar-refractivity contribution in [3.05, 3.63) is 24.0 Å². The maximum atomic E-state index is 13.4. The van der Waals surface area contributed by atoms with Crippen LogP contribution in [0.2, 0.25) is 0 Å². The second kappa shape index (κ2) is 5.68. The Morgan fingerprint density at radius 1 is 1.44 bits per heavy atom. The minimum Gasteiger partial charge on any atom is -0.494 e. The number of methoxy groups -OCH3 is 1. The molecule has 1 heterocycles. The SMILES string of the molecule is COc1ccc(NC(=O)N2CCNCC2)cc1F. The van der Waals surface area contributed by atoms with Gasteiger partial charge in [-0.15, -0.1) is 0 Å². The van der Waals surface area contributed by atoms with Gasteiger partial charge in [-0.05, 0) is 12.1 Å². The predicted octanol–water partition coefficient (Wildman–Crippen LogP) is 1.27. The van der Waals surface area contributed by atoms with Gasteiger partial charge in [0.1, 0.15) is 0 Å². The molecular weight excluding hydrogens is 237 g/mol. The number of ether oxygens (including phenoxy) is 1. The molecule has 98 valence electrons. The fraction of sp³-hybridized carbons (Fsp3) is 0.417. The van der Waals surface area contributed by atoms with Crippen molar-refractivity contribution in [2.24, 2.45) is 0 Å². The molecule has 5 nitrogen and oxygen atoms in total. The summed E-state index contributed by atoms with van der Waals surface area (Å²) >= 11 is 0. The van der Waals surface area contributed by atoms with E-state index >= 15 is 0 Å². The van der Waals surface area contributed by atoms with Crippen LogP contribution in [0, 0.1) is 5.82 Å². The number of urea groups is 1. The van der Waals surface area contributed by atoms with Gasteiger partial charge in [0.2, 0.25) is 0 Å². The van der Waals surface area contributed by atoms with Crippen LogP contribution in [-0.2, 0) is 0 Å². The first kappa shape index (κ1) is 12.6. The van der Waals surface area contributed by atoms with Gasteiger partial charge in [-0.25, -0.2) is 9.18 Å². The van der Waals surface area contributed by atoms with Crippen molar-refractivity contribution in [1.82, 2.24) is 10.2 Å². The average molecular weight is 253 g/mol. The number of amides is 2. The second-order valence-electron chi connectivity index (χ2n) is 4.02. The van der Waals surface area contributed by atoms with E-state index in [1.54, 1.807) is 11.0 Å². The van der Waals surface area contributed by atoms with Crippen LogP contribution in [0.15, 0.2) is 18.2 Å². The third-order valence-corrected chi connectivity index (χ3v) is 2.81. The predicted molar refractivity (Wildman–Crippen MR) is 66.4 cm³/mol. The van der Waals surface area contributed by atoms with Crippen LogP contribution in [0.1, 0.15) is 0 Å². The standard InChI is InChI=1S/C12H16FN3O2/c1-18-11-3-2-9(8-10(11)13)15-12(17)16-6-4-14-5-7-16/h2-3,8,14H,4-7H2,1H3,(H,15,17). The zero-order chi connectivity index (χ0) is 13.0. The maximum absolute atomic E-state index is 13.4. The minimum atomic E-state index is -0.490. The number of nitrogens with one attached hydrogen (secondary N) is 2. The normalized spacial score (nSPS) is 15.3. The van der Waals surface area contributed by atoms with Crippen LogP contribution < -0.4 is 15.4 Å². The molecule has 1 aromatic rings. The summed E-state index contributed by atoms with van der Waals surface area (Å²) < 4.78 is 18.3. The number of anilines is 1. The molecule has 0 saturated carbocycles. The van der Waals surface area contributed by atoms with Crippen molar-refractivity contribution in [3.63, 3.8) is 0 Å². The number of carbonyl (C=O) groups excluding carboxylic acids is 1. The summed E-state index contributed by atoms with van der Waals surface area (Å²) in [7, 11) is 1.40. The molecule has 2 N–H and O–H groups in total. The maximum Gasteiger partial charge on any atom is 0.321 e. The molecule has 2 amide bonds. The summed E-state index contributed by atoms with van der Waals surface area (Å²) in [4.78, 5) is 13.6. The van der Waals surface area contributed by atoms with Gasteiger partial charge in [-0.2, -0.15) is 0 Å². The smallest absolute Gasteiger partial charge is 0.321 e. The first-order chi connectivity index (χ1) is 8.70.